The Bertz CT molecular complexity index is 318. The average molecular weight is 300 g/mol. The number of rotatable bonds is 4. The van der Waals surface area contributed by atoms with Gasteiger partial charge in [0.25, 0.3) is 0 Å². The SMILES string of the molecule is Oc1cc(OCCCBr)c(Cl)cc1Cl. The minimum atomic E-state index is -0.0232. The van der Waals surface area contributed by atoms with E-state index in [2.05, 4.69) is 15.9 Å². The molecule has 0 aromatic heterocycles. The van der Waals surface area contributed by atoms with Gasteiger partial charge in [-0.1, -0.05) is 39.1 Å². The van der Waals surface area contributed by atoms with E-state index in [9.17, 15) is 5.11 Å². The van der Waals surface area contributed by atoms with Crippen LogP contribution < -0.4 is 4.74 Å². The van der Waals surface area contributed by atoms with E-state index >= 15 is 0 Å². The van der Waals surface area contributed by atoms with E-state index in [0.717, 1.165) is 11.8 Å². The van der Waals surface area contributed by atoms with Crippen LogP contribution >= 0.6 is 39.1 Å². The van der Waals surface area contributed by atoms with E-state index in [4.69, 9.17) is 27.9 Å². The van der Waals surface area contributed by atoms with Crippen LogP contribution in [0.4, 0.5) is 0 Å². The van der Waals surface area contributed by atoms with Crippen molar-refractivity contribution in [2.75, 3.05) is 11.9 Å². The first-order valence-corrected chi connectivity index (χ1v) is 5.89. The van der Waals surface area contributed by atoms with Crippen LogP contribution in [-0.4, -0.2) is 17.0 Å². The molecule has 0 saturated heterocycles. The smallest absolute Gasteiger partial charge is 0.141 e. The van der Waals surface area contributed by atoms with Crippen molar-refractivity contribution in [2.24, 2.45) is 0 Å². The quantitative estimate of drug-likeness (QED) is 0.676. The van der Waals surface area contributed by atoms with Gasteiger partial charge in [0.15, 0.2) is 0 Å². The summed E-state index contributed by atoms with van der Waals surface area (Å²) in [4.78, 5) is 0. The van der Waals surface area contributed by atoms with Gasteiger partial charge in [-0.05, 0) is 12.5 Å². The number of hydrogen-bond donors (Lipinski definition) is 1. The number of halogens is 3. The van der Waals surface area contributed by atoms with Crippen molar-refractivity contribution in [2.45, 2.75) is 6.42 Å². The molecule has 2 nitrogen and oxygen atoms in total. The third-order valence-electron chi connectivity index (χ3n) is 1.54. The highest BCUT2D eigenvalue weighted by molar-refractivity contribution is 9.09. The Kier molecular flexibility index (Phi) is 4.85. The average Bonchev–Trinajstić information content (AvgIpc) is 2.14. The molecular weight excluding hydrogens is 291 g/mol. The molecule has 1 N–H and O–H groups in total. The second-order valence-corrected chi connectivity index (χ2v) is 4.23. The Morgan fingerprint density at radius 2 is 2.00 bits per heavy atom. The normalized spacial score (nSPS) is 10.2. The van der Waals surface area contributed by atoms with Gasteiger partial charge in [-0.15, -0.1) is 0 Å². The largest absolute Gasteiger partial charge is 0.506 e. The van der Waals surface area contributed by atoms with E-state index in [1.807, 2.05) is 0 Å². The van der Waals surface area contributed by atoms with E-state index in [1.165, 1.54) is 12.1 Å². The molecular formula is C9H9BrCl2O2. The predicted octanol–water partition coefficient (Wildman–Crippen LogP) is 3.86. The van der Waals surface area contributed by atoms with Gasteiger partial charge < -0.3 is 9.84 Å². The summed E-state index contributed by atoms with van der Waals surface area (Å²) in [6.07, 6.45) is 0.875. The lowest BCUT2D eigenvalue weighted by Gasteiger charge is -2.08. The second-order valence-electron chi connectivity index (χ2n) is 2.63. The maximum atomic E-state index is 9.30. The van der Waals surface area contributed by atoms with Gasteiger partial charge in [0.05, 0.1) is 16.7 Å². The highest BCUT2D eigenvalue weighted by Crippen LogP contribution is 2.34. The molecule has 14 heavy (non-hydrogen) atoms. The monoisotopic (exact) mass is 298 g/mol. The van der Waals surface area contributed by atoms with E-state index < -0.39 is 0 Å². The maximum absolute atomic E-state index is 9.30. The number of alkyl halides is 1. The molecule has 78 valence electrons. The Morgan fingerprint density at radius 1 is 1.29 bits per heavy atom. The molecule has 0 unspecified atom stereocenters. The van der Waals surface area contributed by atoms with Gasteiger partial charge in [0.2, 0.25) is 0 Å². The fourth-order valence-corrected chi connectivity index (χ4v) is 1.53. The Labute approximate surface area is 101 Å². The molecule has 1 aromatic carbocycles. The van der Waals surface area contributed by atoms with Crippen molar-refractivity contribution in [1.29, 1.82) is 0 Å². The topological polar surface area (TPSA) is 29.5 Å². The zero-order chi connectivity index (χ0) is 10.6. The lowest BCUT2D eigenvalue weighted by atomic mass is 10.3. The molecule has 1 rings (SSSR count). The molecule has 0 radical (unpaired) electrons. The van der Waals surface area contributed by atoms with Crippen LogP contribution in [0.15, 0.2) is 12.1 Å². The molecule has 0 amide bonds. The van der Waals surface area contributed by atoms with Crippen LogP contribution in [0.2, 0.25) is 10.0 Å². The lowest BCUT2D eigenvalue weighted by Crippen LogP contribution is -1.98. The minimum absolute atomic E-state index is 0.0232. The number of ether oxygens (including phenoxy) is 1. The van der Waals surface area contributed by atoms with E-state index in [1.54, 1.807) is 0 Å². The summed E-state index contributed by atoms with van der Waals surface area (Å²) in [5.74, 6) is 0.430. The Morgan fingerprint density at radius 3 is 2.64 bits per heavy atom. The fraction of sp³-hybridized carbons (Fsp3) is 0.333. The van der Waals surface area contributed by atoms with Gasteiger partial charge in [0.1, 0.15) is 11.5 Å². The second kappa shape index (κ2) is 5.69. The van der Waals surface area contributed by atoms with Gasteiger partial charge in [0, 0.05) is 11.4 Å². The number of phenolic OH excluding ortho intramolecular Hbond substituents is 1. The van der Waals surface area contributed by atoms with Gasteiger partial charge >= 0.3 is 0 Å². The summed E-state index contributed by atoms with van der Waals surface area (Å²) in [5.41, 5.74) is 0. The summed E-state index contributed by atoms with van der Waals surface area (Å²) in [6.45, 7) is 0.548. The lowest BCUT2D eigenvalue weighted by molar-refractivity contribution is 0.317. The number of aromatic hydroxyl groups is 1. The van der Waals surface area contributed by atoms with Crippen molar-refractivity contribution in [3.63, 3.8) is 0 Å². The Hall–Kier alpha value is -0.120. The summed E-state index contributed by atoms with van der Waals surface area (Å²) in [5, 5.41) is 10.8. The molecule has 0 heterocycles. The molecule has 0 atom stereocenters. The van der Waals surface area contributed by atoms with Gasteiger partial charge in [-0.3, -0.25) is 0 Å². The molecule has 0 fully saturated rings. The molecule has 0 bridgehead atoms. The summed E-state index contributed by atoms with van der Waals surface area (Å²) < 4.78 is 5.33. The third-order valence-corrected chi connectivity index (χ3v) is 2.70. The first-order chi connectivity index (χ1) is 6.65. The van der Waals surface area contributed by atoms with E-state index in [-0.39, 0.29) is 10.8 Å². The standard InChI is InChI=1S/C9H9BrCl2O2/c10-2-1-3-14-9-5-8(13)6(11)4-7(9)12/h4-5,13H,1-3H2. The first kappa shape index (κ1) is 12.0. The zero-order valence-corrected chi connectivity index (χ0v) is 10.4. The zero-order valence-electron chi connectivity index (χ0n) is 7.27. The predicted molar refractivity (Wildman–Crippen MR) is 62.0 cm³/mol. The van der Waals surface area contributed by atoms with Crippen molar-refractivity contribution < 1.29 is 9.84 Å². The van der Waals surface area contributed by atoms with Crippen LogP contribution in [0.5, 0.6) is 11.5 Å². The van der Waals surface area contributed by atoms with Crippen molar-refractivity contribution >= 4 is 39.1 Å². The van der Waals surface area contributed by atoms with Crippen LogP contribution in [0.1, 0.15) is 6.42 Å². The van der Waals surface area contributed by atoms with Gasteiger partial charge in [-0.25, -0.2) is 0 Å². The number of hydrogen-bond acceptors (Lipinski definition) is 2. The van der Waals surface area contributed by atoms with Crippen molar-refractivity contribution in [3.05, 3.63) is 22.2 Å². The summed E-state index contributed by atoms with van der Waals surface area (Å²) in [7, 11) is 0. The number of phenols is 1. The first-order valence-electron chi connectivity index (χ1n) is 4.02. The molecule has 1 aromatic rings. The van der Waals surface area contributed by atoms with E-state index in [0.29, 0.717) is 17.4 Å². The minimum Gasteiger partial charge on any atom is -0.506 e. The van der Waals surface area contributed by atoms with Crippen molar-refractivity contribution in [1.82, 2.24) is 0 Å². The summed E-state index contributed by atoms with van der Waals surface area (Å²) >= 11 is 14.8. The highest BCUT2D eigenvalue weighted by Gasteiger charge is 2.06. The molecule has 0 aliphatic heterocycles. The fourth-order valence-electron chi connectivity index (χ4n) is 0.866. The molecule has 0 aliphatic carbocycles. The highest BCUT2D eigenvalue weighted by atomic mass is 79.9. The van der Waals surface area contributed by atoms with Gasteiger partial charge in [-0.2, -0.15) is 0 Å². The van der Waals surface area contributed by atoms with Crippen molar-refractivity contribution in [3.8, 4) is 11.5 Å². The third kappa shape index (κ3) is 3.23. The molecule has 0 spiro atoms. The number of benzene rings is 1. The van der Waals surface area contributed by atoms with Crippen LogP contribution in [0.3, 0.4) is 0 Å². The Balaban J connectivity index is 2.72. The van der Waals surface area contributed by atoms with Crippen LogP contribution in [0, 0.1) is 0 Å². The summed E-state index contributed by atoms with van der Waals surface area (Å²) in [6, 6.07) is 2.88. The van der Waals surface area contributed by atoms with Crippen LogP contribution in [0.25, 0.3) is 0 Å². The maximum Gasteiger partial charge on any atom is 0.141 e. The van der Waals surface area contributed by atoms with Crippen LogP contribution in [-0.2, 0) is 0 Å². The molecule has 0 aliphatic rings. The molecule has 5 heteroatoms. The molecule has 0 saturated carbocycles.